The molecule has 0 aliphatic heterocycles. The first-order chi connectivity index (χ1) is 11.6. The Hall–Kier alpha value is -3.01. The number of rotatable bonds is 5. The van der Waals surface area contributed by atoms with Gasteiger partial charge >= 0.3 is 0 Å². The minimum atomic E-state index is -0.0579. The maximum absolute atomic E-state index is 12.8. The van der Waals surface area contributed by atoms with Crippen molar-refractivity contribution in [3.05, 3.63) is 65.4 Å². The smallest absolute Gasteiger partial charge is 0.189 e. The Bertz CT molecular complexity index is 899. The Balaban J connectivity index is 1.97. The zero-order chi connectivity index (χ0) is 17.1. The third kappa shape index (κ3) is 3.04. The fourth-order valence-electron chi connectivity index (χ4n) is 2.68. The van der Waals surface area contributed by atoms with Gasteiger partial charge in [0.2, 0.25) is 0 Å². The van der Waals surface area contributed by atoms with E-state index in [4.69, 9.17) is 9.47 Å². The molecule has 122 valence electrons. The highest BCUT2D eigenvalue weighted by atomic mass is 16.5. The van der Waals surface area contributed by atoms with Gasteiger partial charge in [-0.3, -0.25) is 4.79 Å². The van der Waals surface area contributed by atoms with Crippen LogP contribution in [0.3, 0.4) is 0 Å². The molecule has 0 radical (unpaired) electrons. The number of allylic oxidation sites excluding steroid dienone is 1. The number of para-hydroxylation sites is 1. The molecule has 3 rings (SSSR count). The van der Waals surface area contributed by atoms with Crippen molar-refractivity contribution >= 4 is 22.8 Å². The number of carbonyl (C=O) groups is 1. The van der Waals surface area contributed by atoms with Crippen LogP contribution < -0.4 is 9.47 Å². The summed E-state index contributed by atoms with van der Waals surface area (Å²) in [5, 5.41) is 1.09. The summed E-state index contributed by atoms with van der Waals surface area (Å²) >= 11 is 0. The molecular formula is C20H19NO3. The lowest BCUT2D eigenvalue weighted by Gasteiger charge is -2.08. The van der Waals surface area contributed by atoms with Crippen molar-refractivity contribution in [2.75, 3.05) is 14.2 Å². The number of fused-ring (bicyclic) bond motifs is 1. The number of hydrogen-bond acceptors (Lipinski definition) is 3. The van der Waals surface area contributed by atoms with Crippen LogP contribution in [0.25, 0.3) is 17.0 Å². The van der Waals surface area contributed by atoms with E-state index in [2.05, 4.69) is 4.98 Å². The second-order valence-electron chi connectivity index (χ2n) is 5.55. The first kappa shape index (κ1) is 15.9. The van der Waals surface area contributed by atoms with Crippen molar-refractivity contribution in [3.8, 4) is 11.5 Å². The highest BCUT2D eigenvalue weighted by Gasteiger charge is 2.12. The molecular weight excluding hydrogens is 302 g/mol. The van der Waals surface area contributed by atoms with Crippen LogP contribution in [0.5, 0.6) is 11.5 Å². The van der Waals surface area contributed by atoms with Crippen LogP contribution in [0, 0.1) is 0 Å². The predicted molar refractivity (Wildman–Crippen MR) is 95.8 cm³/mol. The van der Waals surface area contributed by atoms with E-state index in [1.807, 2.05) is 43.5 Å². The van der Waals surface area contributed by atoms with Crippen molar-refractivity contribution in [3.63, 3.8) is 0 Å². The minimum absolute atomic E-state index is 0.0579. The molecule has 4 heteroatoms. The number of carbonyl (C=O) groups excluding carboxylic acids is 1. The number of ether oxygens (including phenoxy) is 2. The minimum Gasteiger partial charge on any atom is -0.497 e. The number of aromatic amines is 1. The van der Waals surface area contributed by atoms with E-state index >= 15 is 0 Å². The fourth-order valence-corrected chi connectivity index (χ4v) is 2.68. The second-order valence-corrected chi connectivity index (χ2v) is 5.55. The van der Waals surface area contributed by atoms with E-state index in [-0.39, 0.29) is 5.78 Å². The number of methoxy groups -OCH3 is 2. The Labute approximate surface area is 140 Å². The van der Waals surface area contributed by atoms with E-state index in [0.29, 0.717) is 22.6 Å². The molecule has 0 bridgehead atoms. The number of H-pyrrole nitrogens is 1. The van der Waals surface area contributed by atoms with Crippen LogP contribution in [0.15, 0.2) is 54.2 Å². The third-order valence-corrected chi connectivity index (χ3v) is 3.97. The molecule has 1 aromatic heterocycles. The summed E-state index contributed by atoms with van der Waals surface area (Å²) in [6.45, 7) is 1.82. The molecule has 0 aliphatic carbocycles. The quantitative estimate of drug-likeness (QED) is 0.557. The van der Waals surface area contributed by atoms with E-state index in [0.717, 1.165) is 16.5 Å². The number of aromatic nitrogens is 1. The van der Waals surface area contributed by atoms with Crippen molar-refractivity contribution in [1.82, 2.24) is 4.98 Å². The highest BCUT2D eigenvalue weighted by Crippen LogP contribution is 2.26. The summed E-state index contributed by atoms with van der Waals surface area (Å²) in [6.07, 6.45) is 3.81. The normalized spacial score (nSPS) is 11.5. The van der Waals surface area contributed by atoms with E-state index in [1.165, 1.54) is 0 Å². The van der Waals surface area contributed by atoms with Crippen LogP contribution >= 0.6 is 0 Å². The highest BCUT2D eigenvalue weighted by molar-refractivity contribution is 6.12. The molecule has 0 amide bonds. The van der Waals surface area contributed by atoms with Gasteiger partial charge in [-0.25, -0.2) is 0 Å². The Kier molecular flexibility index (Phi) is 4.38. The predicted octanol–water partition coefficient (Wildman–Crippen LogP) is 4.47. The van der Waals surface area contributed by atoms with E-state index < -0.39 is 0 Å². The molecule has 0 aliphatic rings. The van der Waals surface area contributed by atoms with E-state index in [9.17, 15) is 4.79 Å². The monoisotopic (exact) mass is 321 g/mol. The van der Waals surface area contributed by atoms with Gasteiger partial charge in [-0.15, -0.1) is 0 Å². The lowest BCUT2D eigenvalue weighted by Crippen LogP contribution is -2.02. The van der Waals surface area contributed by atoms with Gasteiger partial charge in [0.05, 0.1) is 14.2 Å². The molecule has 2 aromatic carbocycles. The van der Waals surface area contributed by atoms with Gasteiger partial charge in [-0.05, 0) is 36.8 Å². The summed E-state index contributed by atoms with van der Waals surface area (Å²) in [6, 6.07) is 13.2. The van der Waals surface area contributed by atoms with Gasteiger partial charge in [0.25, 0.3) is 0 Å². The molecule has 0 atom stereocenters. The maximum Gasteiger partial charge on any atom is 0.189 e. The van der Waals surface area contributed by atoms with Crippen molar-refractivity contribution in [2.45, 2.75) is 6.92 Å². The summed E-state index contributed by atoms with van der Waals surface area (Å²) < 4.78 is 10.5. The molecule has 24 heavy (non-hydrogen) atoms. The number of hydrogen-bond donors (Lipinski definition) is 1. The molecule has 1 heterocycles. The second kappa shape index (κ2) is 6.62. The van der Waals surface area contributed by atoms with Gasteiger partial charge in [-0.1, -0.05) is 18.2 Å². The van der Waals surface area contributed by atoms with Crippen molar-refractivity contribution in [1.29, 1.82) is 0 Å². The Morgan fingerprint density at radius 1 is 1.04 bits per heavy atom. The molecule has 0 saturated carbocycles. The molecule has 0 spiro atoms. The first-order valence-electron chi connectivity index (χ1n) is 7.64. The molecule has 0 fully saturated rings. The topological polar surface area (TPSA) is 51.3 Å². The standard InChI is InChI=1S/C20H19NO3/c1-13(8-15-12-21-19-7-5-4-6-18(15)19)20(22)14-9-16(23-2)11-17(10-14)24-3/h4-12,21H,1-3H3. The van der Waals surface area contributed by atoms with Crippen LogP contribution in [0.4, 0.5) is 0 Å². The summed E-state index contributed by atoms with van der Waals surface area (Å²) in [5.74, 6) is 1.13. The summed E-state index contributed by atoms with van der Waals surface area (Å²) in [4.78, 5) is 16.0. The van der Waals surface area contributed by atoms with Gasteiger partial charge < -0.3 is 14.5 Å². The molecule has 3 aromatic rings. The van der Waals surface area contributed by atoms with Crippen molar-refractivity contribution < 1.29 is 14.3 Å². The van der Waals surface area contributed by atoms with Gasteiger partial charge in [-0.2, -0.15) is 0 Å². The largest absolute Gasteiger partial charge is 0.497 e. The Morgan fingerprint density at radius 3 is 2.38 bits per heavy atom. The third-order valence-electron chi connectivity index (χ3n) is 3.97. The lowest BCUT2D eigenvalue weighted by molar-refractivity contribution is 0.103. The summed E-state index contributed by atoms with van der Waals surface area (Å²) in [5.41, 5.74) is 3.23. The van der Waals surface area contributed by atoms with Crippen LogP contribution in [-0.2, 0) is 0 Å². The maximum atomic E-state index is 12.8. The zero-order valence-electron chi connectivity index (χ0n) is 13.9. The summed E-state index contributed by atoms with van der Waals surface area (Å²) in [7, 11) is 3.13. The number of benzene rings is 2. The SMILES string of the molecule is COc1cc(OC)cc(C(=O)C(C)=Cc2c[nH]c3ccccc23)c1. The first-order valence-corrected chi connectivity index (χ1v) is 7.64. The molecule has 1 N–H and O–H groups in total. The average molecular weight is 321 g/mol. The molecule has 0 saturated heterocycles. The molecule has 0 unspecified atom stereocenters. The Morgan fingerprint density at radius 2 is 1.71 bits per heavy atom. The number of nitrogens with one attached hydrogen (secondary N) is 1. The van der Waals surface area contributed by atoms with Crippen LogP contribution in [0.1, 0.15) is 22.8 Å². The number of Topliss-reactive ketones (excluding diaryl/α,β-unsaturated/α-hetero) is 1. The van der Waals surface area contributed by atoms with Crippen LogP contribution in [0.2, 0.25) is 0 Å². The fraction of sp³-hybridized carbons (Fsp3) is 0.150. The lowest BCUT2D eigenvalue weighted by atomic mass is 10.0. The number of ketones is 1. The van der Waals surface area contributed by atoms with Crippen LogP contribution in [-0.4, -0.2) is 25.0 Å². The van der Waals surface area contributed by atoms with Gasteiger partial charge in [0.1, 0.15) is 11.5 Å². The average Bonchev–Trinajstić information content (AvgIpc) is 3.03. The molecule has 4 nitrogen and oxygen atoms in total. The van der Waals surface area contributed by atoms with E-state index in [1.54, 1.807) is 32.4 Å². The van der Waals surface area contributed by atoms with Crippen molar-refractivity contribution in [2.24, 2.45) is 0 Å². The zero-order valence-corrected chi connectivity index (χ0v) is 13.9. The van der Waals surface area contributed by atoms with Gasteiger partial charge in [0.15, 0.2) is 5.78 Å². The van der Waals surface area contributed by atoms with Gasteiger partial charge in [0, 0.05) is 34.3 Å².